The maximum Gasteiger partial charge on any atom is 0.374 e. The molecule has 1 fully saturated rings. The van der Waals surface area contributed by atoms with Gasteiger partial charge in [-0.1, -0.05) is 0 Å². The zero-order valence-corrected chi connectivity index (χ0v) is 13.4. The van der Waals surface area contributed by atoms with Gasteiger partial charge in [0.2, 0.25) is 5.76 Å². The first-order chi connectivity index (χ1) is 11.2. The van der Waals surface area contributed by atoms with Crippen LogP contribution in [0.4, 0.5) is 0 Å². The van der Waals surface area contributed by atoms with E-state index in [1.54, 1.807) is 6.92 Å². The van der Waals surface area contributed by atoms with E-state index < -0.39 is 5.97 Å². The van der Waals surface area contributed by atoms with Crippen LogP contribution in [0.3, 0.4) is 0 Å². The Balaban J connectivity index is 1.69. The van der Waals surface area contributed by atoms with Crippen LogP contribution in [0.2, 0.25) is 0 Å². The summed E-state index contributed by atoms with van der Waals surface area (Å²) in [5.41, 5.74) is 3.92. The quantitative estimate of drug-likeness (QED) is 0.811. The molecule has 122 valence electrons. The summed E-state index contributed by atoms with van der Waals surface area (Å²) >= 11 is 0. The molecule has 0 unspecified atom stereocenters. The van der Waals surface area contributed by atoms with E-state index in [0.29, 0.717) is 12.4 Å². The highest BCUT2D eigenvalue weighted by Gasteiger charge is 2.30. The lowest BCUT2D eigenvalue weighted by Crippen LogP contribution is -2.31. The summed E-state index contributed by atoms with van der Waals surface area (Å²) in [7, 11) is 0. The molecule has 2 aliphatic rings. The highest BCUT2D eigenvalue weighted by atomic mass is 16.5. The topological polar surface area (TPSA) is 66.5 Å². The molecule has 0 radical (unpaired) electrons. The molecule has 0 N–H and O–H groups in total. The van der Waals surface area contributed by atoms with Gasteiger partial charge in [-0.25, -0.2) is 4.79 Å². The molecule has 1 aliphatic carbocycles. The number of esters is 1. The van der Waals surface area contributed by atoms with Crippen molar-refractivity contribution in [1.29, 1.82) is 0 Å². The third-order valence-corrected chi connectivity index (χ3v) is 4.56. The van der Waals surface area contributed by atoms with E-state index in [1.807, 2.05) is 11.6 Å². The van der Waals surface area contributed by atoms with Gasteiger partial charge in [0.25, 0.3) is 0 Å². The van der Waals surface area contributed by atoms with Gasteiger partial charge in [0, 0.05) is 30.4 Å². The van der Waals surface area contributed by atoms with E-state index in [-0.39, 0.29) is 6.10 Å². The molecular formula is C17H20N2O4. The van der Waals surface area contributed by atoms with Gasteiger partial charge in [-0.3, -0.25) is 4.68 Å². The Morgan fingerprint density at radius 2 is 2.30 bits per heavy atom. The van der Waals surface area contributed by atoms with Gasteiger partial charge in [-0.15, -0.1) is 0 Å². The molecule has 0 aromatic carbocycles. The van der Waals surface area contributed by atoms with Gasteiger partial charge in [0.1, 0.15) is 5.76 Å². The van der Waals surface area contributed by atoms with E-state index in [0.717, 1.165) is 55.0 Å². The normalized spacial score (nSPS) is 19.0. The fourth-order valence-corrected chi connectivity index (χ4v) is 3.29. The van der Waals surface area contributed by atoms with E-state index >= 15 is 0 Å². The molecule has 3 heterocycles. The second-order valence-electron chi connectivity index (χ2n) is 6.08. The molecule has 1 saturated heterocycles. The molecule has 1 aliphatic heterocycles. The van der Waals surface area contributed by atoms with Crippen LogP contribution in [0, 0.1) is 6.92 Å². The van der Waals surface area contributed by atoms with Crippen LogP contribution in [-0.2, 0) is 28.9 Å². The number of fused-ring (bicyclic) bond motifs is 3. The van der Waals surface area contributed by atoms with Crippen molar-refractivity contribution in [3.05, 3.63) is 28.8 Å². The standard InChI is InChI=1S/C17H20N2O4/c1-3-21-17(20)16-10(2)14-13(23-16)5-4-11-8-19(18-15(11)14)9-12-6-7-22-12/h8,12H,3-7,9H2,1-2H3/t12-/m1/s1. The van der Waals surface area contributed by atoms with Gasteiger partial charge in [-0.05, 0) is 32.3 Å². The molecule has 23 heavy (non-hydrogen) atoms. The molecular weight excluding hydrogens is 296 g/mol. The molecule has 0 spiro atoms. The minimum Gasteiger partial charge on any atom is -0.460 e. The number of aromatic nitrogens is 2. The van der Waals surface area contributed by atoms with Crippen molar-refractivity contribution in [2.24, 2.45) is 0 Å². The third-order valence-electron chi connectivity index (χ3n) is 4.56. The number of rotatable bonds is 4. The fourth-order valence-electron chi connectivity index (χ4n) is 3.29. The number of hydrogen-bond donors (Lipinski definition) is 0. The van der Waals surface area contributed by atoms with Crippen molar-refractivity contribution in [3.63, 3.8) is 0 Å². The van der Waals surface area contributed by atoms with Crippen molar-refractivity contribution in [1.82, 2.24) is 9.78 Å². The Labute approximate surface area is 134 Å². The maximum absolute atomic E-state index is 12.0. The molecule has 1 atom stereocenters. The molecule has 2 aromatic rings. The summed E-state index contributed by atoms with van der Waals surface area (Å²) in [5, 5.41) is 4.72. The molecule has 6 heteroatoms. The molecule has 0 amide bonds. The average molecular weight is 316 g/mol. The van der Waals surface area contributed by atoms with Crippen molar-refractivity contribution in [3.8, 4) is 11.3 Å². The van der Waals surface area contributed by atoms with Gasteiger partial charge < -0.3 is 13.9 Å². The van der Waals surface area contributed by atoms with Gasteiger partial charge in [0.05, 0.1) is 24.9 Å². The van der Waals surface area contributed by atoms with E-state index in [1.165, 1.54) is 5.56 Å². The van der Waals surface area contributed by atoms with Crippen molar-refractivity contribution in [2.75, 3.05) is 13.2 Å². The summed E-state index contributed by atoms with van der Waals surface area (Å²) < 4.78 is 18.3. The summed E-state index contributed by atoms with van der Waals surface area (Å²) in [6.07, 6.45) is 5.12. The Morgan fingerprint density at radius 3 is 3.00 bits per heavy atom. The third kappa shape index (κ3) is 2.37. The summed E-state index contributed by atoms with van der Waals surface area (Å²) in [5.74, 6) is 0.744. The Kier molecular flexibility index (Phi) is 3.49. The number of hydrogen-bond acceptors (Lipinski definition) is 5. The van der Waals surface area contributed by atoms with E-state index in [4.69, 9.17) is 19.0 Å². The zero-order chi connectivity index (χ0) is 16.0. The summed E-state index contributed by atoms with van der Waals surface area (Å²) in [6.45, 7) is 5.66. The molecule has 2 aromatic heterocycles. The molecule has 0 saturated carbocycles. The highest BCUT2D eigenvalue weighted by molar-refractivity contribution is 5.91. The fraction of sp³-hybridized carbons (Fsp3) is 0.529. The Morgan fingerprint density at radius 1 is 1.48 bits per heavy atom. The van der Waals surface area contributed by atoms with E-state index in [9.17, 15) is 4.79 Å². The van der Waals surface area contributed by atoms with Gasteiger partial charge in [-0.2, -0.15) is 5.10 Å². The molecule has 0 bridgehead atoms. The highest BCUT2D eigenvalue weighted by Crippen LogP contribution is 2.38. The summed E-state index contributed by atoms with van der Waals surface area (Å²) in [4.78, 5) is 12.0. The lowest BCUT2D eigenvalue weighted by Gasteiger charge is -2.26. The first-order valence-corrected chi connectivity index (χ1v) is 8.15. The van der Waals surface area contributed by atoms with Gasteiger partial charge >= 0.3 is 5.97 Å². The average Bonchev–Trinajstić information content (AvgIpc) is 3.04. The van der Waals surface area contributed by atoms with Crippen molar-refractivity contribution < 1.29 is 18.7 Å². The predicted molar refractivity (Wildman–Crippen MR) is 82.4 cm³/mol. The second-order valence-corrected chi connectivity index (χ2v) is 6.08. The first kappa shape index (κ1) is 14.5. The minimum atomic E-state index is -0.400. The number of aryl methyl sites for hydroxylation is 2. The zero-order valence-electron chi connectivity index (χ0n) is 13.4. The lowest BCUT2D eigenvalue weighted by molar-refractivity contribution is -0.0608. The van der Waals surface area contributed by atoms with Crippen LogP contribution in [0.1, 0.15) is 40.8 Å². The number of ether oxygens (including phenoxy) is 2. The van der Waals surface area contributed by atoms with Crippen LogP contribution < -0.4 is 0 Å². The SMILES string of the molecule is CCOC(=O)c1oc2c(c1C)-c1nn(C[C@H]3CCO3)cc1CC2. The van der Waals surface area contributed by atoms with Crippen LogP contribution in [0.15, 0.2) is 10.6 Å². The summed E-state index contributed by atoms with van der Waals surface area (Å²) in [6, 6.07) is 0. The number of furan rings is 1. The number of carbonyl (C=O) groups excluding carboxylic acids is 1. The number of nitrogens with zero attached hydrogens (tertiary/aromatic N) is 2. The Bertz CT molecular complexity index is 755. The first-order valence-electron chi connectivity index (χ1n) is 8.15. The maximum atomic E-state index is 12.0. The lowest BCUT2D eigenvalue weighted by atomic mass is 9.94. The Hall–Kier alpha value is -2.08. The minimum absolute atomic E-state index is 0.274. The second kappa shape index (κ2) is 5.53. The molecule has 6 nitrogen and oxygen atoms in total. The predicted octanol–water partition coefficient (Wildman–Crippen LogP) is 2.52. The van der Waals surface area contributed by atoms with Crippen LogP contribution >= 0.6 is 0 Å². The molecule has 4 rings (SSSR count). The number of carbonyl (C=O) groups is 1. The monoisotopic (exact) mass is 316 g/mol. The smallest absolute Gasteiger partial charge is 0.374 e. The van der Waals surface area contributed by atoms with E-state index in [2.05, 4.69) is 6.20 Å². The van der Waals surface area contributed by atoms with Crippen LogP contribution in [-0.4, -0.2) is 35.1 Å². The van der Waals surface area contributed by atoms with Crippen molar-refractivity contribution >= 4 is 5.97 Å². The van der Waals surface area contributed by atoms with Crippen LogP contribution in [0.25, 0.3) is 11.3 Å². The van der Waals surface area contributed by atoms with Crippen molar-refractivity contribution in [2.45, 2.75) is 45.8 Å². The van der Waals surface area contributed by atoms with Crippen LogP contribution in [0.5, 0.6) is 0 Å². The largest absolute Gasteiger partial charge is 0.460 e. The van der Waals surface area contributed by atoms with Gasteiger partial charge in [0.15, 0.2) is 0 Å².